The summed E-state index contributed by atoms with van der Waals surface area (Å²) in [5.74, 6) is 0.841. The number of nitrogens with one attached hydrogen (secondary N) is 1. The van der Waals surface area contributed by atoms with Gasteiger partial charge in [0.1, 0.15) is 11.4 Å². The van der Waals surface area contributed by atoms with E-state index in [2.05, 4.69) is 5.32 Å². The summed E-state index contributed by atoms with van der Waals surface area (Å²) in [6.07, 6.45) is 3.01. The van der Waals surface area contributed by atoms with Gasteiger partial charge in [0.15, 0.2) is 0 Å². The molecule has 1 saturated heterocycles. The number of fused-ring (bicyclic) bond motifs is 1. The first-order valence-electron chi connectivity index (χ1n) is 5.56. The van der Waals surface area contributed by atoms with Gasteiger partial charge in [-0.25, -0.2) is 0 Å². The SMILES string of the molecule is Clc1cc(Cl)c2c(c1)CC1(CCNCC1)O2. The minimum Gasteiger partial charge on any atom is -0.485 e. The van der Waals surface area contributed by atoms with Crippen LogP contribution in [-0.2, 0) is 6.42 Å². The first kappa shape index (κ1) is 10.7. The van der Waals surface area contributed by atoms with E-state index in [0.717, 1.165) is 43.7 Å². The van der Waals surface area contributed by atoms with E-state index in [1.54, 1.807) is 6.07 Å². The van der Waals surface area contributed by atoms with Gasteiger partial charge in [-0.3, -0.25) is 0 Å². The highest BCUT2D eigenvalue weighted by Gasteiger charge is 2.41. The molecule has 2 aliphatic heterocycles. The smallest absolute Gasteiger partial charge is 0.142 e. The Hall–Kier alpha value is -0.440. The zero-order valence-corrected chi connectivity index (χ0v) is 10.4. The molecule has 0 aliphatic carbocycles. The van der Waals surface area contributed by atoms with Crippen LogP contribution in [0.2, 0.25) is 10.0 Å². The van der Waals surface area contributed by atoms with Gasteiger partial charge >= 0.3 is 0 Å². The van der Waals surface area contributed by atoms with E-state index in [4.69, 9.17) is 27.9 Å². The number of hydrogen-bond donors (Lipinski definition) is 1. The Morgan fingerprint density at radius 2 is 1.94 bits per heavy atom. The second-order valence-corrected chi connectivity index (χ2v) is 5.43. The topological polar surface area (TPSA) is 21.3 Å². The van der Waals surface area contributed by atoms with Crippen molar-refractivity contribution in [3.8, 4) is 5.75 Å². The third-order valence-corrected chi connectivity index (χ3v) is 3.93. The molecule has 4 heteroatoms. The Balaban J connectivity index is 1.96. The lowest BCUT2D eigenvalue weighted by Gasteiger charge is -2.33. The summed E-state index contributed by atoms with van der Waals surface area (Å²) < 4.78 is 6.09. The summed E-state index contributed by atoms with van der Waals surface area (Å²) in [7, 11) is 0. The van der Waals surface area contributed by atoms with Crippen LogP contribution >= 0.6 is 23.2 Å². The molecule has 2 heterocycles. The van der Waals surface area contributed by atoms with E-state index in [-0.39, 0.29) is 5.60 Å². The molecule has 3 rings (SSSR count). The van der Waals surface area contributed by atoms with Crippen LogP contribution in [0.1, 0.15) is 18.4 Å². The maximum absolute atomic E-state index is 6.15. The number of hydrogen-bond acceptors (Lipinski definition) is 2. The summed E-state index contributed by atoms with van der Waals surface area (Å²) >= 11 is 12.2. The Morgan fingerprint density at radius 3 is 2.69 bits per heavy atom. The first-order valence-corrected chi connectivity index (χ1v) is 6.32. The minimum absolute atomic E-state index is 0.0398. The Morgan fingerprint density at radius 1 is 1.19 bits per heavy atom. The highest BCUT2D eigenvalue weighted by molar-refractivity contribution is 6.35. The summed E-state index contributed by atoms with van der Waals surface area (Å²) in [6, 6.07) is 3.72. The molecule has 1 aromatic carbocycles. The van der Waals surface area contributed by atoms with Crippen LogP contribution in [-0.4, -0.2) is 18.7 Å². The Kier molecular flexibility index (Phi) is 2.54. The lowest BCUT2D eigenvalue weighted by atomic mass is 9.88. The van der Waals surface area contributed by atoms with Gasteiger partial charge < -0.3 is 10.1 Å². The van der Waals surface area contributed by atoms with Crippen molar-refractivity contribution in [3.05, 3.63) is 27.7 Å². The molecular weight excluding hydrogens is 245 g/mol. The predicted octanol–water partition coefficient (Wildman–Crippen LogP) is 3.05. The van der Waals surface area contributed by atoms with Gasteiger partial charge in [0.2, 0.25) is 0 Å². The van der Waals surface area contributed by atoms with Crippen LogP contribution in [0.15, 0.2) is 12.1 Å². The van der Waals surface area contributed by atoms with Crippen molar-refractivity contribution >= 4 is 23.2 Å². The summed E-state index contributed by atoms with van der Waals surface area (Å²) in [6.45, 7) is 2.03. The molecule has 0 atom stereocenters. The van der Waals surface area contributed by atoms with E-state index in [1.807, 2.05) is 6.07 Å². The first-order chi connectivity index (χ1) is 7.69. The Labute approximate surface area is 105 Å². The van der Waals surface area contributed by atoms with Gasteiger partial charge in [0.05, 0.1) is 5.02 Å². The molecule has 1 aromatic rings. The molecule has 1 N–H and O–H groups in total. The van der Waals surface area contributed by atoms with Crippen molar-refractivity contribution in [1.82, 2.24) is 5.32 Å². The van der Waals surface area contributed by atoms with Crippen LogP contribution < -0.4 is 10.1 Å². The number of benzene rings is 1. The van der Waals surface area contributed by atoms with Crippen LogP contribution in [0.3, 0.4) is 0 Å². The van der Waals surface area contributed by atoms with E-state index in [9.17, 15) is 0 Å². The highest BCUT2D eigenvalue weighted by atomic mass is 35.5. The zero-order valence-electron chi connectivity index (χ0n) is 8.85. The van der Waals surface area contributed by atoms with Crippen molar-refractivity contribution in [2.75, 3.05) is 13.1 Å². The summed E-state index contributed by atoms with van der Waals surface area (Å²) in [4.78, 5) is 0. The molecule has 2 nitrogen and oxygen atoms in total. The molecule has 0 saturated carbocycles. The standard InChI is InChI=1S/C12H13Cl2NO/c13-9-5-8-7-12(1-3-15-4-2-12)16-11(8)10(14)6-9/h5-6,15H,1-4,7H2. The van der Waals surface area contributed by atoms with Crippen LogP contribution in [0, 0.1) is 0 Å². The zero-order chi connectivity index (χ0) is 11.2. The molecule has 0 radical (unpaired) electrons. The van der Waals surface area contributed by atoms with Crippen molar-refractivity contribution in [1.29, 1.82) is 0 Å². The van der Waals surface area contributed by atoms with Crippen molar-refractivity contribution < 1.29 is 4.74 Å². The molecule has 0 bridgehead atoms. The predicted molar refractivity (Wildman–Crippen MR) is 65.6 cm³/mol. The molecular formula is C12H13Cl2NO. The van der Waals surface area contributed by atoms with Crippen molar-refractivity contribution in [2.45, 2.75) is 24.9 Å². The van der Waals surface area contributed by atoms with Gasteiger partial charge in [-0.1, -0.05) is 23.2 Å². The van der Waals surface area contributed by atoms with E-state index in [1.165, 1.54) is 0 Å². The summed E-state index contributed by atoms with van der Waals surface area (Å²) in [5, 5.41) is 4.68. The fourth-order valence-electron chi connectivity index (χ4n) is 2.62. The van der Waals surface area contributed by atoms with E-state index in [0.29, 0.717) is 10.0 Å². The quantitative estimate of drug-likeness (QED) is 0.772. The average molecular weight is 258 g/mol. The number of piperidine rings is 1. The maximum atomic E-state index is 6.15. The number of ether oxygens (including phenoxy) is 1. The van der Waals surface area contributed by atoms with Gasteiger partial charge in [-0.15, -0.1) is 0 Å². The third-order valence-electron chi connectivity index (χ3n) is 3.43. The van der Waals surface area contributed by atoms with Crippen LogP contribution in [0.4, 0.5) is 0 Å². The average Bonchev–Trinajstić information content (AvgIpc) is 2.57. The Bertz CT molecular complexity index is 427. The van der Waals surface area contributed by atoms with Gasteiger partial charge in [0.25, 0.3) is 0 Å². The normalized spacial score (nSPS) is 21.9. The lowest BCUT2D eigenvalue weighted by molar-refractivity contribution is 0.0600. The van der Waals surface area contributed by atoms with Crippen LogP contribution in [0.25, 0.3) is 0 Å². The largest absolute Gasteiger partial charge is 0.485 e. The fourth-order valence-corrected chi connectivity index (χ4v) is 3.19. The second-order valence-electron chi connectivity index (χ2n) is 4.59. The molecule has 1 spiro atoms. The summed E-state index contributed by atoms with van der Waals surface area (Å²) in [5.41, 5.74) is 1.11. The van der Waals surface area contributed by atoms with Gasteiger partial charge in [0, 0.05) is 17.0 Å². The molecule has 0 amide bonds. The number of rotatable bonds is 0. The van der Waals surface area contributed by atoms with Crippen molar-refractivity contribution in [2.24, 2.45) is 0 Å². The van der Waals surface area contributed by atoms with E-state index >= 15 is 0 Å². The molecule has 0 aromatic heterocycles. The molecule has 86 valence electrons. The lowest BCUT2D eigenvalue weighted by Crippen LogP contribution is -2.45. The van der Waals surface area contributed by atoms with E-state index < -0.39 is 0 Å². The molecule has 2 aliphatic rings. The highest BCUT2D eigenvalue weighted by Crippen LogP contribution is 2.45. The van der Waals surface area contributed by atoms with Crippen molar-refractivity contribution in [3.63, 3.8) is 0 Å². The molecule has 16 heavy (non-hydrogen) atoms. The monoisotopic (exact) mass is 257 g/mol. The molecule has 0 unspecified atom stereocenters. The third kappa shape index (κ3) is 1.69. The van der Waals surface area contributed by atoms with Gasteiger partial charge in [-0.2, -0.15) is 0 Å². The fraction of sp³-hybridized carbons (Fsp3) is 0.500. The number of halogens is 2. The second kappa shape index (κ2) is 3.80. The van der Waals surface area contributed by atoms with Crippen LogP contribution in [0.5, 0.6) is 5.75 Å². The maximum Gasteiger partial charge on any atom is 0.142 e. The molecule has 1 fully saturated rings. The van der Waals surface area contributed by atoms with Gasteiger partial charge in [-0.05, 0) is 38.1 Å². The minimum atomic E-state index is -0.0398.